The topological polar surface area (TPSA) is 0 Å². The molecule has 0 radical (unpaired) electrons. The Morgan fingerprint density at radius 1 is 1.44 bits per heavy atom. The summed E-state index contributed by atoms with van der Waals surface area (Å²) in [5.41, 5.74) is 0. The molecule has 2 rings (SSSR count). The zero-order valence-electron chi connectivity index (χ0n) is 4.43. The fourth-order valence-corrected chi connectivity index (χ4v) is 4.31. The van der Waals surface area contributed by atoms with Crippen LogP contribution in [0.3, 0.4) is 0 Å². The summed E-state index contributed by atoms with van der Waals surface area (Å²) in [6.07, 6.45) is 0. The van der Waals surface area contributed by atoms with Gasteiger partial charge in [-0.3, -0.25) is 0 Å². The molecular weight excluding hydrogens is 219 g/mol. The molecule has 0 bridgehead atoms. The Morgan fingerprint density at radius 2 is 2.33 bits per heavy atom. The number of thiophene rings is 1. The normalized spacial score (nSPS) is 10.8. The van der Waals surface area contributed by atoms with Gasteiger partial charge in [-0.2, -0.15) is 0 Å². The third-order valence-electron chi connectivity index (χ3n) is 1.17. The summed E-state index contributed by atoms with van der Waals surface area (Å²) < 4.78 is 1.44. The molecule has 0 amide bonds. The van der Waals surface area contributed by atoms with E-state index >= 15 is 0 Å². The van der Waals surface area contributed by atoms with Crippen LogP contribution in [0.2, 0.25) is 5.02 Å². The molecule has 2 aromatic rings. The van der Waals surface area contributed by atoms with Crippen molar-refractivity contribution in [3.63, 3.8) is 0 Å². The van der Waals surface area contributed by atoms with Gasteiger partial charge >= 0.3 is 67.8 Å². The first-order chi connectivity index (χ1) is 4.38. The first kappa shape index (κ1) is 5.99. The van der Waals surface area contributed by atoms with E-state index in [1.807, 2.05) is 0 Å². The van der Waals surface area contributed by atoms with Crippen LogP contribution in [-0.2, 0) is 0 Å². The van der Waals surface area contributed by atoms with E-state index in [1.165, 1.54) is 9.65 Å². The molecule has 0 fully saturated rings. The van der Waals surface area contributed by atoms with Crippen molar-refractivity contribution in [1.29, 1.82) is 0 Å². The average molecular weight is 222 g/mol. The summed E-state index contributed by atoms with van der Waals surface area (Å²) in [6.45, 7) is 0. The van der Waals surface area contributed by atoms with Crippen molar-refractivity contribution >= 4 is 47.1 Å². The standard InChI is InChI=1S/C6H3ClSSe/c7-5-3-9-6-2-8-1-4(5)6/h1-3H. The van der Waals surface area contributed by atoms with Crippen molar-refractivity contribution in [1.82, 2.24) is 0 Å². The summed E-state index contributed by atoms with van der Waals surface area (Å²) in [7, 11) is 0. The van der Waals surface area contributed by atoms with Gasteiger partial charge in [-0.05, 0) is 0 Å². The Bertz CT molecular complexity index is 322. The second-order valence-corrected chi connectivity index (χ2v) is 4.80. The van der Waals surface area contributed by atoms with E-state index in [-0.39, 0.29) is 0 Å². The zero-order chi connectivity index (χ0) is 6.27. The monoisotopic (exact) mass is 222 g/mol. The summed E-state index contributed by atoms with van der Waals surface area (Å²) in [5.74, 6) is 0. The first-order valence-electron chi connectivity index (χ1n) is 2.47. The van der Waals surface area contributed by atoms with Crippen molar-refractivity contribution in [2.45, 2.75) is 0 Å². The summed E-state index contributed by atoms with van der Waals surface area (Å²) in [4.78, 5) is 2.12. The van der Waals surface area contributed by atoms with Crippen LogP contribution in [0.15, 0.2) is 15.7 Å². The van der Waals surface area contributed by atoms with Gasteiger partial charge in [0.25, 0.3) is 0 Å². The molecule has 2 aromatic heterocycles. The molecule has 0 unspecified atom stereocenters. The second kappa shape index (κ2) is 2.14. The quantitative estimate of drug-likeness (QED) is 0.600. The molecule has 46 valence electrons. The van der Waals surface area contributed by atoms with Crippen molar-refractivity contribution in [3.05, 3.63) is 20.7 Å². The Balaban J connectivity index is 2.99. The van der Waals surface area contributed by atoms with Crippen LogP contribution < -0.4 is 0 Å². The SMILES string of the molecule is Clc1c[se]c2cscc12. The number of hydrogen-bond acceptors (Lipinski definition) is 1. The Hall–Kier alpha value is 0.249. The minimum absolute atomic E-state index is 0.520. The van der Waals surface area contributed by atoms with Gasteiger partial charge in [0.2, 0.25) is 0 Å². The van der Waals surface area contributed by atoms with Crippen molar-refractivity contribution < 1.29 is 0 Å². The molecule has 0 aliphatic rings. The first-order valence-corrected chi connectivity index (χ1v) is 5.63. The summed E-state index contributed by atoms with van der Waals surface area (Å²) in [5, 5.41) is 6.51. The second-order valence-electron chi connectivity index (χ2n) is 1.73. The summed E-state index contributed by atoms with van der Waals surface area (Å²) in [6, 6.07) is 0. The predicted octanol–water partition coefficient (Wildman–Crippen LogP) is 2.61. The molecule has 9 heavy (non-hydrogen) atoms. The van der Waals surface area contributed by atoms with Crippen LogP contribution in [0.5, 0.6) is 0 Å². The molecule has 0 saturated heterocycles. The van der Waals surface area contributed by atoms with E-state index in [2.05, 4.69) is 15.7 Å². The zero-order valence-corrected chi connectivity index (χ0v) is 7.71. The minimum atomic E-state index is 0.520. The summed E-state index contributed by atoms with van der Waals surface area (Å²) >= 11 is 8.12. The average Bonchev–Trinajstić information content (AvgIpc) is 2.35. The Morgan fingerprint density at radius 3 is 3.11 bits per heavy atom. The third kappa shape index (κ3) is 0.870. The fourth-order valence-electron chi connectivity index (χ4n) is 0.729. The maximum atomic E-state index is 5.87. The number of hydrogen-bond donors (Lipinski definition) is 0. The van der Waals surface area contributed by atoms with Gasteiger partial charge in [-0.1, -0.05) is 0 Å². The van der Waals surface area contributed by atoms with Crippen LogP contribution in [-0.4, -0.2) is 14.5 Å². The Labute approximate surface area is 67.8 Å². The molecule has 0 atom stereocenters. The predicted molar refractivity (Wildman–Crippen MR) is 43.8 cm³/mol. The van der Waals surface area contributed by atoms with Gasteiger partial charge in [0.15, 0.2) is 0 Å². The van der Waals surface area contributed by atoms with E-state index in [0.29, 0.717) is 14.5 Å². The molecule has 2 heterocycles. The molecule has 0 aromatic carbocycles. The van der Waals surface area contributed by atoms with Crippen LogP contribution >= 0.6 is 22.9 Å². The van der Waals surface area contributed by atoms with Crippen LogP contribution in [0, 0.1) is 0 Å². The van der Waals surface area contributed by atoms with Gasteiger partial charge in [0, 0.05) is 0 Å². The van der Waals surface area contributed by atoms with E-state index in [1.54, 1.807) is 11.3 Å². The number of rotatable bonds is 0. The molecule has 0 nitrogen and oxygen atoms in total. The Kier molecular flexibility index (Phi) is 1.42. The fraction of sp³-hybridized carbons (Fsp3) is 0. The van der Waals surface area contributed by atoms with Crippen LogP contribution in [0.25, 0.3) is 9.65 Å². The van der Waals surface area contributed by atoms with Gasteiger partial charge in [-0.25, -0.2) is 0 Å². The van der Waals surface area contributed by atoms with E-state index in [0.717, 1.165) is 5.02 Å². The molecule has 0 aliphatic carbocycles. The van der Waals surface area contributed by atoms with Crippen LogP contribution in [0.4, 0.5) is 0 Å². The third-order valence-corrected chi connectivity index (χ3v) is 4.84. The van der Waals surface area contributed by atoms with Crippen molar-refractivity contribution in [3.8, 4) is 0 Å². The van der Waals surface area contributed by atoms with Gasteiger partial charge < -0.3 is 0 Å². The van der Waals surface area contributed by atoms with Crippen molar-refractivity contribution in [2.75, 3.05) is 0 Å². The van der Waals surface area contributed by atoms with Crippen LogP contribution in [0.1, 0.15) is 0 Å². The molecule has 0 aliphatic heterocycles. The van der Waals surface area contributed by atoms with Gasteiger partial charge in [0.05, 0.1) is 0 Å². The van der Waals surface area contributed by atoms with Crippen molar-refractivity contribution in [2.24, 2.45) is 0 Å². The maximum absolute atomic E-state index is 5.87. The number of halogens is 1. The van der Waals surface area contributed by atoms with E-state index in [4.69, 9.17) is 11.6 Å². The molecule has 0 saturated carbocycles. The van der Waals surface area contributed by atoms with E-state index < -0.39 is 0 Å². The molecule has 3 heteroatoms. The number of fused-ring (bicyclic) bond motifs is 1. The van der Waals surface area contributed by atoms with Gasteiger partial charge in [-0.15, -0.1) is 0 Å². The molecule has 0 N–H and O–H groups in total. The molecule has 0 spiro atoms. The van der Waals surface area contributed by atoms with E-state index in [9.17, 15) is 0 Å². The molecular formula is C6H3ClSSe. The van der Waals surface area contributed by atoms with Gasteiger partial charge in [0.1, 0.15) is 0 Å².